The van der Waals surface area contributed by atoms with Gasteiger partial charge in [0.2, 0.25) is 0 Å². The molecule has 15 heavy (non-hydrogen) atoms. The van der Waals surface area contributed by atoms with Crippen molar-refractivity contribution in [1.29, 1.82) is 0 Å². The van der Waals surface area contributed by atoms with Gasteiger partial charge in [-0.15, -0.1) is 0 Å². The molecule has 1 aromatic carbocycles. The Morgan fingerprint density at radius 1 is 1.20 bits per heavy atom. The number of methoxy groups -OCH3 is 1. The topological polar surface area (TPSA) is 9.23 Å². The normalized spacial score (nSPS) is 11.5. The van der Waals surface area contributed by atoms with E-state index in [1.54, 1.807) is 7.11 Å². The third-order valence-corrected chi connectivity index (χ3v) is 4.10. The molecule has 0 aliphatic heterocycles. The van der Waals surface area contributed by atoms with Gasteiger partial charge in [0, 0.05) is 0 Å². The molecule has 0 aliphatic rings. The van der Waals surface area contributed by atoms with E-state index in [9.17, 15) is 0 Å². The highest BCUT2D eigenvalue weighted by Crippen LogP contribution is 2.29. The Hall–Kier alpha value is -0.280. The molecule has 0 bridgehead atoms. The van der Waals surface area contributed by atoms with Crippen LogP contribution in [0.1, 0.15) is 12.5 Å². The first-order valence-electron chi connectivity index (χ1n) is 4.99. The van der Waals surface area contributed by atoms with Crippen molar-refractivity contribution in [3.8, 4) is 5.75 Å². The van der Waals surface area contributed by atoms with Gasteiger partial charge in [0.25, 0.3) is 0 Å². The molecule has 0 aromatic heterocycles. The average molecular weight is 242 g/mol. The SMILES string of the molecule is COc1ccccc1CC(C)(CS)CS. The highest BCUT2D eigenvalue weighted by molar-refractivity contribution is 7.81. The van der Waals surface area contributed by atoms with Crippen LogP contribution in [-0.2, 0) is 6.42 Å². The number of hydrogen-bond donors (Lipinski definition) is 2. The van der Waals surface area contributed by atoms with E-state index in [1.807, 2.05) is 18.2 Å². The smallest absolute Gasteiger partial charge is 0.122 e. The minimum Gasteiger partial charge on any atom is -0.496 e. The van der Waals surface area contributed by atoms with E-state index in [0.29, 0.717) is 0 Å². The zero-order chi connectivity index (χ0) is 11.3. The van der Waals surface area contributed by atoms with Gasteiger partial charge >= 0.3 is 0 Å². The van der Waals surface area contributed by atoms with Crippen molar-refractivity contribution >= 4 is 25.3 Å². The molecule has 0 radical (unpaired) electrons. The van der Waals surface area contributed by atoms with Gasteiger partial charge in [0.1, 0.15) is 5.75 Å². The molecule has 0 saturated carbocycles. The molecule has 0 amide bonds. The van der Waals surface area contributed by atoms with Crippen LogP contribution in [0.5, 0.6) is 5.75 Å². The number of hydrogen-bond acceptors (Lipinski definition) is 3. The summed E-state index contributed by atoms with van der Waals surface area (Å²) >= 11 is 8.77. The van der Waals surface area contributed by atoms with Gasteiger partial charge in [-0.1, -0.05) is 25.1 Å². The molecule has 0 N–H and O–H groups in total. The lowest BCUT2D eigenvalue weighted by Gasteiger charge is -2.26. The first-order valence-corrected chi connectivity index (χ1v) is 6.25. The fraction of sp³-hybridized carbons (Fsp3) is 0.500. The van der Waals surface area contributed by atoms with Crippen LogP contribution in [0.25, 0.3) is 0 Å². The van der Waals surface area contributed by atoms with Crippen molar-refractivity contribution < 1.29 is 4.74 Å². The predicted octanol–water partition coefficient (Wildman–Crippen LogP) is 3.10. The minimum absolute atomic E-state index is 0.126. The van der Waals surface area contributed by atoms with E-state index in [4.69, 9.17) is 4.74 Å². The van der Waals surface area contributed by atoms with Crippen LogP contribution in [0.15, 0.2) is 24.3 Å². The van der Waals surface area contributed by atoms with Gasteiger partial charge in [-0.25, -0.2) is 0 Å². The number of rotatable bonds is 5. The minimum atomic E-state index is 0.126. The van der Waals surface area contributed by atoms with E-state index in [1.165, 1.54) is 5.56 Å². The molecule has 0 heterocycles. The van der Waals surface area contributed by atoms with Crippen LogP contribution < -0.4 is 4.74 Å². The van der Waals surface area contributed by atoms with Crippen molar-refractivity contribution in [3.05, 3.63) is 29.8 Å². The fourth-order valence-electron chi connectivity index (χ4n) is 1.47. The molecular weight excluding hydrogens is 224 g/mol. The monoisotopic (exact) mass is 242 g/mol. The molecule has 1 rings (SSSR count). The zero-order valence-electron chi connectivity index (χ0n) is 9.23. The molecule has 0 fully saturated rings. The molecule has 84 valence electrons. The maximum atomic E-state index is 5.33. The van der Waals surface area contributed by atoms with Crippen molar-refractivity contribution in [2.24, 2.45) is 5.41 Å². The predicted molar refractivity (Wildman–Crippen MR) is 72.5 cm³/mol. The van der Waals surface area contributed by atoms with Gasteiger partial charge in [0.15, 0.2) is 0 Å². The molecule has 0 spiro atoms. The highest BCUT2D eigenvalue weighted by atomic mass is 32.1. The second-order valence-electron chi connectivity index (χ2n) is 4.12. The van der Waals surface area contributed by atoms with Gasteiger partial charge in [0.05, 0.1) is 7.11 Å². The summed E-state index contributed by atoms with van der Waals surface area (Å²) in [5, 5.41) is 0. The molecule has 0 unspecified atom stereocenters. The van der Waals surface area contributed by atoms with E-state index < -0.39 is 0 Å². The second-order valence-corrected chi connectivity index (χ2v) is 4.75. The molecular formula is C12H18OS2. The quantitative estimate of drug-likeness (QED) is 0.754. The highest BCUT2D eigenvalue weighted by Gasteiger charge is 2.22. The number of benzene rings is 1. The summed E-state index contributed by atoms with van der Waals surface area (Å²) in [6, 6.07) is 8.12. The van der Waals surface area contributed by atoms with Gasteiger partial charge in [-0.2, -0.15) is 25.3 Å². The molecule has 0 aliphatic carbocycles. The summed E-state index contributed by atoms with van der Waals surface area (Å²) in [4.78, 5) is 0. The summed E-state index contributed by atoms with van der Waals surface area (Å²) in [6.45, 7) is 2.19. The third kappa shape index (κ3) is 3.35. The Labute approximate surface area is 103 Å². The number of thiol groups is 2. The molecule has 3 heteroatoms. The fourth-order valence-corrected chi connectivity index (χ4v) is 2.09. The van der Waals surface area contributed by atoms with Crippen LogP contribution in [0.2, 0.25) is 0 Å². The first kappa shape index (κ1) is 12.8. The zero-order valence-corrected chi connectivity index (χ0v) is 11.0. The molecule has 1 nitrogen and oxygen atoms in total. The second kappa shape index (κ2) is 5.71. The summed E-state index contributed by atoms with van der Waals surface area (Å²) in [5.41, 5.74) is 1.35. The molecule has 0 saturated heterocycles. The Morgan fingerprint density at radius 3 is 2.33 bits per heavy atom. The standard InChI is InChI=1S/C12H18OS2/c1-12(8-14,9-15)7-10-5-3-4-6-11(10)13-2/h3-6,14-15H,7-9H2,1-2H3. The maximum Gasteiger partial charge on any atom is 0.122 e. The van der Waals surface area contributed by atoms with Crippen molar-refractivity contribution in [2.45, 2.75) is 13.3 Å². The van der Waals surface area contributed by atoms with Crippen molar-refractivity contribution in [2.75, 3.05) is 18.6 Å². The van der Waals surface area contributed by atoms with E-state index >= 15 is 0 Å². The summed E-state index contributed by atoms with van der Waals surface area (Å²) in [5.74, 6) is 2.61. The van der Waals surface area contributed by atoms with Crippen LogP contribution in [-0.4, -0.2) is 18.6 Å². The summed E-state index contributed by atoms with van der Waals surface area (Å²) in [7, 11) is 1.71. The van der Waals surface area contributed by atoms with E-state index in [2.05, 4.69) is 38.2 Å². The van der Waals surface area contributed by atoms with E-state index in [0.717, 1.165) is 23.7 Å². The van der Waals surface area contributed by atoms with Crippen LogP contribution in [0, 0.1) is 5.41 Å². The molecule has 1 aromatic rings. The largest absolute Gasteiger partial charge is 0.496 e. The average Bonchev–Trinajstić information content (AvgIpc) is 2.29. The lowest BCUT2D eigenvalue weighted by Crippen LogP contribution is -2.24. The lowest BCUT2D eigenvalue weighted by molar-refractivity contribution is 0.388. The third-order valence-electron chi connectivity index (χ3n) is 2.57. The van der Waals surface area contributed by atoms with Crippen LogP contribution >= 0.6 is 25.3 Å². The van der Waals surface area contributed by atoms with Crippen molar-refractivity contribution in [1.82, 2.24) is 0 Å². The number of ether oxygens (including phenoxy) is 1. The van der Waals surface area contributed by atoms with Gasteiger partial charge in [-0.3, -0.25) is 0 Å². The number of para-hydroxylation sites is 1. The van der Waals surface area contributed by atoms with E-state index in [-0.39, 0.29) is 5.41 Å². The van der Waals surface area contributed by atoms with Crippen LogP contribution in [0.3, 0.4) is 0 Å². The summed E-state index contributed by atoms with van der Waals surface area (Å²) in [6.07, 6.45) is 0.948. The van der Waals surface area contributed by atoms with Gasteiger partial charge in [-0.05, 0) is 35.0 Å². The molecule has 0 atom stereocenters. The maximum absolute atomic E-state index is 5.33. The Bertz CT molecular complexity index is 308. The van der Waals surface area contributed by atoms with Crippen LogP contribution in [0.4, 0.5) is 0 Å². The van der Waals surface area contributed by atoms with Gasteiger partial charge < -0.3 is 4.74 Å². The Balaban J connectivity index is 2.87. The van der Waals surface area contributed by atoms with Crippen molar-refractivity contribution in [3.63, 3.8) is 0 Å². The Kier molecular flexibility index (Phi) is 4.87. The lowest BCUT2D eigenvalue weighted by atomic mass is 9.87. The first-order chi connectivity index (χ1) is 7.15. The summed E-state index contributed by atoms with van der Waals surface area (Å²) < 4.78 is 5.33. The Morgan fingerprint density at radius 2 is 1.80 bits per heavy atom.